The molecule has 0 atom stereocenters. The SMILES string of the molecule is CC.Cc1ccccc1SNc1ccc(C(C)(C)C)c(C)c1. The lowest BCUT2D eigenvalue weighted by molar-refractivity contribution is 0.586. The van der Waals surface area contributed by atoms with Crippen molar-refractivity contribution in [1.29, 1.82) is 0 Å². The number of anilines is 1. The van der Waals surface area contributed by atoms with E-state index in [1.807, 2.05) is 13.8 Å². The molecule has 0 aromatic heterocycles. The van der Waals surface area contributed by atoms with E-state index in [2.05, 4.69) is 81.8 Å². The summed E-state index contributed by atoms with van der Waals surface area (Å²) in [5.41, 5.74) is 5.40. The molecule has 1 nitrogen and oxygen atoms in total. The summed E-state index contributed by atoms with van der Waals surface area (Å²) in [6.45, 7) is 15.1. The lowest BCUT2D eigenvalue weighted by Gasteiger charge is -2.22. The van der Waals surface area contributed by atoms with Crippen molar-refractivity contribution in [2.45, 2.75) is 58.8 Å². The van der Waals surface area contributed by atoms with Crippen molar-refractivity contribution in [3.8, 4) is 0 Å². The molecule has 2 aromatic carbocycles. The maximum Gasteiger partial charge on any atom is 0.0446 e. The normalized spacial score (nSPS) is 10.7. The summed E-state index contributed by atoms with van der Waals surface area (Å²) in [6.07, 6.45) is 0. The fourth-order valence-electron chi connectivity index (χ4n) is 2.35. The summed E-state index contributed by atoms with van der Waals surface area (Å²) in [5.74, 6) is 0. The second-order valence-electron chi connectivity index (χ2n) is 6.25. The maximum absolute atomic E-state index is 3.44. The second kappa shape index (κ2) is 8.28. The summed E-state index contributed by atoms with van der Waals surface area (Å²) < 4.78 is 3.44. The van der Waals surface area contributed by atoms with Gasteiger partial charge in [-0.1, -0.05) is 58.9 Å². The fraction of sp³-hybridized carbons (Fsp3) is 0.400. The molecule has 120 valence electrons. The molecule has 2 rings (SSSR count). The smallest absolute Gasteiger partial charge is 0.0446 e. The van der Waals surface area contributed by atoms with E-state index in [0.29, 0.717) is 0 Å². The Morgan fingerprint density at radius 2 is 1.50 bits per heavy atom. The lowest BCUT2D eigenvalue weighted by atomic mass is 9.84. The monoisotopic (exact) mass is 315 g/mol. The van der Waals surface area contributed by atoms with Crippen LogP contribution in [0.5, 0.6) is 0 Å². The fourth-order valence-corrected chi connectivity index (χ4v) is 3.08. The molecule has 2 aromatic rings. The van der Waals surface area contributed by atoms with Crippen LogP contribution in [-0.2, 0) is 5.41 Å². The van der Waals surface area contributed by atoms with E-state index in [1.54, 1.807) is 11.9 Å². The van der Waals surface area contributed by atoms with Crippen LogP contribution < -0.4 is 4.72 Å². The Labute approximate surface area is 140 Å². The first-order valence-corrected chi connectivity index (χ1v) is 8.79. The number of benzene rings is 2. The van der Waals surface area contributed by atoms with Crippen LogP contribution in [0, 0.1) is 13.8 Å². The zero-order chi connectivity index (χ0) is 16.8. The molecule has 0 bridgehead atoms. The zero-order valence-corrected chi connectivity index (χ0v) is 15.8. The summed E-state index contributed by atoms with van der Waals surface area (Å²) >= 11 is 1.67. The van der Waals surface area contributed by atoms with E-state index in [1.165, 1.54) is 21.6 Å². The number of hydrogen-bond donors (Lipinski definition) is 1. The lowest BCUT2D eigenvalue weighted by Crippen LogP contribution is -2.12. The quantitative estimate of drug-likeness (QED) is 0.629. The highest BCUT2D eigenvalue weighted by molar-refractivity contribution is 8.00. The third kappa shape index (κ3) is 5.10. The Hall–Kier alpha value is -1.41. The van der Waals surface area contributed by atoms with Crippen molar-refractivity contribution in [2.24, 2.45) is 0 Å². The number of hydrogen-bond acceptors (Lipinski definition) is 2. The third-order valence-corrected chi connectivity index (χ3v) is 4.42. The molecule has 0 unspecified atom stereocenters. The average molecular weight is 316 g/mol. The van der Waals surface area contributed by atoms with Gasteiger partial charge in [0.2, 0.25) is 0 Å². The Kier molecular flexibility index (Phi) is 7.02. The molecule has 0 aliphatic heterocycles. The van der Waals surface area contributed by atoms with E-state index >= 15 is 0 Å². The molecule has 1 N–H and O–H groups in total. The Morgan fingerprint density at radius 1 is 0.864 bits per heavy atom. The largest absolute Gasteiger partial charge is 0.326 e. The van der Waals surface area contributed by atoms with Crippen LogP contribution in [0.4, 0.5) is 5.69 Å². The van der Waals surface area contributed by atoms with Crippen LogP contribution in [0.15, 0.2) is 47.4 Å². The molecule has 0 aliphatic carbocycles. The first-order chi connectivity index (χ1) is 10.4. The second-order valence-corrected chi connectivity index (χ2v) is 7.10. The first kappa shape index (κ1) is 18.6. The van der Waals surface area contributed by atoms with E-state index < -0.39 is 0 Å². The van der Waals surface area contributed by atoms with E-state index in [9.17, 15) is 0 Å². The standard InChI is InChI=1S/C18H23NS.C2H6/c1-13-8-6-7-9-17(13)20-19-15-10-11-16(14(2)12-15)18(3,4)5;1-2/h6-12,19H,1-5H3;1-2H3. The van der Waals surface area contributed by atoms with Gasteiger partial charge >= 0.3 is 0 Å². The minimum absolute atomic E-state index is 0.200. The topological polar surface area (TPSA) is 12.0 Å². The van der Waals surface area contributed by atoms with Gasteiger partial charge in [0.25, 0.3) is 0 Å². The number of nitrogens with one attached hydrogen (secondary N) is 1. The van der Waals surface area contributed by atoms with Gasteiger partial charge in [-0.05, 0) is 66.1 Å². The molecule has 2 heteroatoms. The number of aryl methyl sites for hydroxylation is 2. The van der Waals surface area contributed by atoms with Crippen molar-refractivity contribution in [3.63, 3.8) is 0 Å². The molecule has 0 spiro atoms. The van der Waals surface area contributed by atoms with Gasteiger partial charge in [-0.15, -0.1) is 0 Å². The minimum atomic E-state index is 0.200. The molecule has 22 heavy (non-hydrogen) atoms. The third-order valence-electron chi connectivity index (χ3n) is 3.41. The molecular formula is C20H29NS. The molecule has 0 amide bonds. The molecule has 0 radical (unpaired) electrons. The van der Waals surface area contributed by atoms with Crippen LogP contribution in [0.25, 0.3) is 0 Å². The van der Waals surface area contributed by atoms with Crippen molar-refractivity contribution < 1.29 is 0 Å². The van der Waals surface area contributed by atoms with Crippen LogP contribution in [-0.4, -0.2) is 0 Å². The highest BCUT2D eigenvalue weighted by Crippen LogP contribution is 2.29. The molecule has 0 saturated carbocycles. The minimum Gasteiger partial charge on any atom is -0.326 e. The predicted molar refractivity (Wildman–Crippen MR) is 102 cm³/mol. The summed E-state index contributed by atoms with van der Waals surface area (Å²) in [6, 6.07) is 15.1. The van der Waals surface area contributed by atoms with Gasteiger partial charge in [0.05, 0.1) is 0 Å². The Morgan fingerprint density at radius 3 is 2.05 bits per heavy atom. The van der Waals surface area contributed by atoms with Gasteiger partial charge in [0, 0.05) is 10.6 Å². The average Bonchev–Trinajstić information content (AvgIpc) is 2.47. The van der Waals surface area contributed by atoms with E-state index in [0.717, 1.165) is 5.69 Å². The van der Waals surface area contributed by atoms with Gasteiger partial charge in [0.1, 0.15) is 0 Å². The molecule has 0 heterocycles. The first-order valence-electron chi connectivity index (χ1n) is 7.97. The highest BCUT2D eigenvalue weighted by Gasteiger charge is 2.16. The number of rotatable bonds is 3. The summed E-state index contributed by atoms with van der Waals surface area (Å²) in [5, 5.41) is 0. The maximum atomic E-state index is 3.44. The van der Waals surface area contributed by atoms with Crippen LogP contribution in [0.1, 0.15) is 51.3 Å². The predicted octanol–water partition coefficient (Wildman–Crippen LogP) is 6.75. The van der Waals surface area contributed by atoms with Crippen LogP contribution in [0.2, 0.25) is 0 Å². The van der Waals surface area contributed by atoms with Gasteiger partial charge in [0.15, 0.2) is 0 Å². The van der Waals surface area contributed by atoms with Crippen LogP contribution in [0.3, 0.4) is 0 Å². The van der Waals surface area contributed by atoms with Crippen LogP contribution >= 0.6 is 11.9 Å². The van der Waals surface area contributed by atoms with Gasteiger partial charge < -0.3 is 4.72 Å². The zero-order valence-electron chi connectivity index (χ0n) is 14.9. The van der Waals surface area contributed by atoms with Crippen molar-refractivity contribution in [2.75, 3.05) is 4.72 Å². The Bertz CT molecular complexity index is 597. The van der Waals surface area contributed by atoms with Gasteiger partial charge in [-0.3, -0.25) is 0 Å². The Balaban J connectivity index is 0.00000116. The summed E-state index contributed by atoms with van der Waals surface area (Å²) in [4.78, 5) is 1.27. The van der Waals surface area contributed by atoms with Gasteiger partial charge in [-0.25, -0.2) is 0 Å². The van der Waals surface area contributed by atoms with E-state index in [4.69, 9.17) is 0 Å². The van der Waals surface area contributed by atoms with E-state index in [-0.39, 0.29) is 5.41 Å². The molecule has 0 saturated heterocycles. The molecular weight excluding hydrogens is 286 g/mol. The van der Waals surface area contributed by atoms with Crippen molar-refractivity contribution in [3.05, 3.63) is 59.2 Å². The van der Waals surface area contributed by atoms with Crippen molar-refractivity contribution in [1.82, 2.24) is 0 Å². The molecule has 0 fully saturated rings. The molecule has 0 aliphatic rings. The van der Waals surface area contributed by atoms with Gasteiger partial charge in [-0.2, -0.15) is 0 Å². The highest BCUT2D eigenvalue weighted by atomic mass is 32.2. The van der Waals surface area contributed by atoms with Crippen molar-refractivity contribution >= 4 is 17.6 Å². The summed E-state index contributed by atoms with van der Waals surface area (Å²) in [7, 11) is 0.